The number of pyridine rings is 1. The molecule has 0 N–H and O–H groups in total. The third kappa shape index (κ3) is 5.15. The number of imidazole rings is 1. The molecule has 0 bridgehead atoms. The number of esters is 1. The van der Waals surface area contributed by atoms with Crippen molar-refractivity contribution < 1.29 is 9.53 Å². The third-order valence-electron chi connectivity index (χ3n) is 4.18. The molecule has 0 saturated heterocycles. The highest BCUT2D eigenvalue weighted by atomic mass is 35.5. The van der Waals surface area contributed by atoms with Gasteiger partial charge in [0, 0.05) is 37.1 Å². The van der Waals surface area contributed by atoms with Crippen molar-refractivity contribution in [3.8, 4) is 11.4 Å². The van der Waals surface area contributed by atoms with Crippen LogP contribution >= 0.6 is 11.6 Å². The highest BCUT2D eigenvalue weighted by Crippen LogP contribution is 2.16. The van der Waals surface area contributed by atoms with Crippen molar-refractivity contribution in [2.24, 2.45) is 0 Å². The van der Waals surface area contributed by atoms with Crippen LogP contribution in [0.4, 0.5) is 0 Å². The van der Waals surface area contributed by atoms with Gasteiger partial charge in [0.25, 0.3) is 0 Å². The molecule has 0 saturated carbocycles. The van der Waals surface area contributed by atoms with Gasteiger partial charge in [0.1, 0.15) is 5.69 Å². The van der Waals surface area contributed by atoms with E-state index >= 15 is 0 Å². The fourth-order valence-electron chi connectivity index (χ4n) is 2.70. The van der Waals surface area contributed by atoms with Crippen molar-refractivity contribution in [1.82, 2.24) is 19.4 Å². The van der Waals surface area contributed by atoms with Gasteiger partial charge in [-0.15, -0.1) is 0 Å². The smallest absolute Gasteiger partial charge is 0.337 e. The van der Waals surface area contributed by atoms with Crippen molar-refractivity contribution >= 4 is 17.6 Å². The number of hydrogen-bond acceptors (Lipinski definition) is 5. The standard InChI is InChI=1S/C20H21ClN4O2/c1-24(12-15-3-5-17(21)6-4-15)9-10-25-13-19(23-14-25)18-11-16(7-8-22-18)20(26)27-2/h3-8,11,13-14H,9-10,12H2,1-2H3. The summed E-state index contributed by atoms with van der Waals surface area (Å²) >= 11 is 5.92. The summed E-state index contributed by atoms with van der Waals surface area (Å²) in [6.07, 6.45) is 5.29. The van der Waals surface area contributed by atoms with E-state index in [-0.39, 0.29) is 5.97 Å². The number of likely N-dealkylation sites (N-methyl/N-ethyl adjacent to an activating group) is 1. The lowest BCUT2D eigenvalue weighted by atomic mass is 10.2. The number of rotatable bonds is 7. The molecule has 0 unspecified atom stereocenters. The first kappa shape index (κ1) is 19.1. The molecule has 2 aromatic heterocycles. The van der Waals surface area contributed by atoms with E-state index in [2.05, 4.69) is 21.9 Å². The number of aromatic nitrogens is 3. The molecule has 6 nitrogen and oxygen atoms in total. The van der Waals surface area contributed by atoms with Crippen LogP contribution in [0.1, 0.15) is 15.9 Å². The van der Waals surface area contributed by atoms with Crippen LogP contribution in [0.2, 0.25) is 5.02 Å². The van der Waals surface area contributed by atoms with E-state index in [1.807, 2.05) is 35.0 Å². The van der Waals surface area contributed by atoms with Crippen LogP contribution in [0.15, 0.2) is 55.1 Å². The zero-order chi connectivity index (χ0) is 19.2. The van der Waals surface area contributed by atoms with Crippen LogP contribution < -0.4 is 0 Å². The van der Waals surface area contributed by atoms with Crippen molar-refractivity contribution in [2.75, 3.05) is 20.7 Å². The van der Waals surface area contributed by atoms with Gasteiger partial charge in [-0.05, 0) is 36.9 Å². The average Bonchev–Trinajstić information content (AvgIpc) is 3.17. The minimum atomic E-state index is -0.387. The lowest BCUT2D eigenvalue weighted by Crippen LogP contribution is -2.22. The average molecular weight is 385 g/mol. The maximum absolute atomic E-state index is 11.7. The van der Waals surface area contributed by atoms with Gasteiger partial charge in [-0.3, -0.25) is 4.98 Å². The molecule has 140 valence electrons. The van der Waals surface area contributed by atoms with E-state index < -0.39 is 0 Å². The van der Waals surface area contributed by atoms with E-state index in [9.17, 15) is 4.79 Å². The summed E-state index contributed by atoms with van der Waals surface area (Å²) in [5.41, 5.74) is 3.05. The Morgan fingerprint density at radius 3 is 2.70 bits per heavy atom. The molecule has 0 aliphatic heterocycles. The second-order valence-corrected chi connectivity index (χ2v) is 6.72. The molecule has 0 spiro atoms. The summed E-state index contributed by atoms with van der Waals surface area (Å²) in [4.78, 5) is 22.6. The molecule has 7 heteroatoms. The van der Waals surface area contributed by atoms with Crippen LogP contribution in [-0.2, 0) is 17.8 Å². The molecule has 1 aromatic carbocycles. The predicted octanol–water partition coefficient (Wildman–Crippen LogP) is 3.52. The summed E-state index contributed by atoms with van der Waals surface area (Å²) in [6, 6.07) is 11.2. The first-order valence-electron chi connectivity index (χ1n) is 8.54. The van der Waals surface area contributed by atoms with E-state index in [0.29, 0.717) is 11.3 Å². The van der Waals surface area contributed by atoms with Crippen LogP contribution in [0.25, 0.3) is 11.4 Å². The molecule has 0 atom stereocenters. The number of benzene rings is 1. The van der Waals surface area contributed by atoms with Gasteiger partial charge >= 0.3 is 5.97 Å². The number of ether oxygens (including phenoxy) is 1. The van der Waals surface area contributed by atoms with E-state index in [0.717, 1.165) is 30.4 Å². The van der Waals surface area contributed by atoms with Gasteiger partial charge in [-0.2, -0.15) is 0 Å². The zero-order valence-electron chi connectivity index (χ0n) is 15.3. The van der Waals surface area contributed by atoms with Gasteiger partial charge in [-0.1, -0.05) is 23.7 Å². The topological polar surface area (TPSA) is 60.2 Å². The molecule has 0 aliphatic rings. The fraction of sp³-hybridized carbons (Fsp3) is 0.250. The van der Waals surface area contributed by atoms with Crippen LogP contribution in [0.5, 0.6) is 0 Å². The van der Waals surface area contributed by atoms with Gasteiger partial charge in [0.05, 0.1) is 24.7 Å². The Hall–Kier alpha value is -2.70. The quantitative estimate of drug-likeness (QED) is 0.583. The second-order valence-electron chi connectivity index (χ2n) is 6.28. The van der Waals surface area contributed by atoms with E-state index in [1.54, 1.807) is 24.7 Å². The minimum absolute atomic E-state index is 0.387. The molecule has 3 aromatic rings. The van der Waals surface area contributed by atoms with Gasteiger partial charge in [0.15, 0.2) is 0 Å². The summed E-state index contributed by atoms with van der Waals surface area (Å²) in [6.45, 7) is 2.52. The van der Waals surface area contributed by atoms with Gasteiger partial charge < -0.3 is 14.2 Å². The lowest BCUT2D eigenvalue weighted by molar-refractivity contribution is 0.0600. The number of carbonyl (C=O) groups excluding carboxylic acids is 1. The Labute approximate surface area is 163 Å². The summed E-state index contributed by atoms with van der Waals surface area (Å²) in [7, 11) is 3.44. The molecule has 0 amide bonds. The normalized spacial score (nSPS) is 11.0. The fourth-order valence-corrected chi connectivity index (χ4v) is 2.82. The molecule has 0 fully saturated rings. The molecule has 0 radical (unpaired) electrons. The highest BCUT2D eigenvalue weighted by Gasteiger charge is 2.10. The maximum atomic E-state index is 11.7. The van der Waals surface area contributed by atoms with Crippen LogP contribution in [0, 0.1) is 0 Å². The molecule has 27 heavy (non-hydrogen) atoms. The molecule has 0 aliphatic carbocycles. The van der Waals surface area contributed by atoms with Gasteiger partial charge in [0.2, 0.25) is 0 Å². The Kier molecular flexibility index (Phi) is 6.21. The van der Waals surface area contributed by atoms with Crippen LogP contribution in [0.3, 0.4) is 0 Å². The molecular weight excluding hydrogens is 364 g/mol. The first-order chi connectivity index (χ1) is 13.0. The maximum Gasteiger partial charge on any atom is 0.337 e. The van der Waals surface area contributed by atoms with Crippen LogP contribution in [-0.4, -0.2) is 46.1 Å². The van der Waals surface area contributed by atoms with E-state index in [4.69, 9.17) is 16.3 Å². The second kappa shape index (κ2) is 8.79. The van der Waals surface area contributed by atoms with E-state index in [1.165, 1.54) is 12.7 Å². The number of methoxy groups -OCH3 is 1. The zero-order valence-corrected chi connectivity index (χ0v) is 16.1. The Morgan fingerprint density at radius 1 is 1.19 bits per heavy atom. The number of nitrogens with zero attached hydrogens (tertiary/aromatic N) is 4. The first-order valence-corrected chi connectivity index (χ1v) is 8.92. The van der Waals surface area contributed by atoms with Crippen molar-refractivity contribution in [2.45, 2.75) is 13.1 Å². The predicted molar refractivity (Wildman–Crippen MR) is 105 cm³/mol. The number of carbonyl (C=O) groups is 1. The van der Waals surface area contributed by atoms with Crippen molar-refractivity contribution in [3.63, 3.8) is 0 Å². The third-order valence-corrected chi connectivity index (χ3v) is 4.43. The SMILES string of the molecule is COC(=O)c1ccnc(-c2cn(CCN(C)Cc3ccc(Cl)cc3)cn2)c1. The molecule has 2 heterocycles. The minimum Gasteiger partial charge on any atom is -0.465 e. The highest BCUT2D eigenvalue weighted by molar-refractivity contribution is 6.30. The largest absolute Gasteiger partial charge is 0.465 e. The van der Waals surface area contributed by atoms with Crippen molar-refractivity contribution in [3.05, 3.63) is 71.3 Å². The molecular formula is C20H21ClN4O2. The molecule has 3 rings (SSSR count). The Morgan fingerprint density at radius 2 is 1.96 bits per heavy atom. The summed E-state index contributed by atoms with van der Waals surface area (Å²) < 4.78 is 6.76. The number of halogens is 1. The van der Waals surface area contributed by atoms with Crippen molar-refractivity contribution in [1.29, 1.82) is 0 Å². The Bertz CT molecular complexity index is 908. The number of hydrogen-bond donors (Lipinski definition) is 0. The summed E-state index contributed by atoms with van der Waals surface area (Å²) in [5.74, 6) is -0.387. The monoisotopic (exact) mass is 384 g/mol. The Balaban J connectivity index is 1.59. The van der Waals surface area contributed by atoms with Gasteiger partial charge in [-0.25, -0.2) is 9.78 Å². The summed E-state index contributed by atoms with van der Waals surface area (Å²) in [5, 5.41) is 0.747. The lowest BCUT2D eigenvalue weighted by Gasteiger charge is -2.16.